The average molecular weight is 1150 g/mol. The van der Waals surface area contributed by atoms with Crippen molar-refractivity contribution < 1.29 is 74.8 Å². The molecule has 0 aliphatic carbocycles. The number of pyridine rings is 4. The van der Waals surface area contributed by atoms with E-state index in [4.69, 9.17) is 19.4 Å². The molecular formula is C63H73KN10O7S. The number of hydrogen-bond acceptors (Lipinski definition) is 13. The van der Waals surface area contributed by atoms with E-state index >= 15 is 0 Å². The monoisotopic (exact) mass is 1150 g/mol. The SMILES string of the molecule is CN(C)CCOc1ccc(C2CCN(c3ccc(-c4cn(C)c(=O)c5[nH]ccc45)cn3)CC2)cc1.Cc1ccc(S(=O)(=O)n2ccc3c(-c4ccc(N5CCC(c6ccc(OCCN(C)C)cc6)CC5)nc4)cn(C)c(=O)c32)cc1.[K+].[OH-]. The first-order chi connectivity index (χ1) is 38.6. The van der Waals surface area contributed by atoms with Crippen molar-refractivity contribution in [3.8, 4) is 33.8 Å². The number of benzene rings is 3. The number of rotatable bonds is 16. The van der Waals surface area contributed by atoms with Gasteiger partial charge < -0.3 is 48.7 Å². The predicted octanol–water partition coefficient (Wildman–Crippen LogP) is 6.35. The molecule has 0 spiro atoms. The van der Waals surface area contributed by atoms with Crippen molar-refractivity contribution in [3.05, 3.63) is 184 Å². The molecule has 0 unspecified atom stereocenters. The molecule has 2 aliphatic heterocycles. The summed E-state index contributed by atoms with van der Waals surface area (Å²) in [6, 6.07) is 35.6. The number of piperidine rings is 2. The molecule has 0 saturated carbocycles. The van der Waals surface area contributed by atoms with Gasteiger partial charge in [0.15, 0.2) is 0 Å². The Balaban J connectivity index is 0.000000216. The zero-order valence-electron chi connectivity index (χ0n) is 48.3. The van der Waals surface area contributed by atoms with E-state index in [9.17, 15) is 18.0 Å². The van der Waals surface area contributed by atoms with Crippen LogP contribution >= 0.6 is 0 Å². The molecule has 8 heterocycles. The van der Waals surface area contributed by atoms with Gasteiger partial charge >= 0.3 is 51.4 Å². The smallest absolute Gasteiger partial charge is 0.870 e. The predicted molar refractivity (Wildman–Crippen MR) is 322 cm³/mol. The van der Waals surface area contributed by atoms with Gasteiger partial charge in [-0.05, 0) is 157 Å². The third-order valence-electron chi connectivity index (χ3n) is 15.5. The minimum Gasteiger partial charge on any atom is -0.870 e. The number of hydrogen-bond donors (Lipinski definition) is 1. The molecule has 2 saturated heterocycles. The summed E-state index contributed by atoms with van der Waals surface area (Å²) in [5.74, 6) is 4.81. The minimum absolute atomic E-state index is 0. The van der Waals surface area contributed by atoms with Crippen LogP contribution in [-0.2, 0) is 24.1 Å². The number of fused-ring (bicyclic) bond motifs is 2. The quantitative estimate of drug-likeness (QED) is 0.106. The van der Waals surface area contributed by atoms with Crippen LogP contribution in [0.1, 0.15) is 54.2 Å². The summed E-state index contributed by atoms with van der Waals surface area (Å²) in [7, 11) is 7.64. The Morgan fingerprint density at radius 3 is 1.51 bits per heavy atom. The summed E-state index contributed by atoms with van der Waals surface area (Å²) < 4.78 is 42.9. The van der Waals surface area contributed by atoms with Crippen LogP contribution in [0.5, 0.6) is 11.5 Å². The molecule has 2 aliphatic rings. The Morgan fingerprint density at radius 1 is 0.598 bits per heavy atom. The van der Waals surface area contributed by atoms with Gasteiger partial charge in [-0.1, -0.05) is 42.0 Å². The van der Waals surface area contributed by atoms with E-state index in [1.807, 2.05) is 64.0 Å². The van der Waals surface area contributed by atoms with Gasteiger partial charge in [-0.15, -0.1) is 0 Å². The van der Waals surface area contributed by atoms with E-state index < -0.39 is 10.0 Å². The first-order valence-corrected chi connectivity index (χ1v) is 28.9. The number of aryl methyl sites for hydroxylation is 3. The third-order valence-corrected chi connectivity index (χ3v) is 17.2. The van der Waals surface area contributed by atoms with Gasteiger partial charge in [-0.2, -0.15) is 0 Å². The molecule has 0 bridgehead atoms. The fourth-order valence-corrected chi connectivity index (χ4v) is 12.1. The molecule has 0 radical (unpaired) electrons. The van der Waals surface area contributed by atoms with Crippen molar-refractivity contribution in [2.45, 2.75) is 49.3 Å². The average Bonchev–Trinajstić information content (AvgIpc) is 3.02. The molecule has 0 amide bonds. The van der Waals surface area contributed by atoms with Crippen molar-refractivity contribution >= 4 is 43.5 Å². The Hall–Kier alpha value is -6.39. The molecular weight excluding hydrogens is 1080 g/mol. The van der Waals surface area contributed by atoms with E-state index in [0.29, 0.717) is 36.0 Å². The van der Waals surface area contributed by atoms with Crippen LogP contribution in [-0.4, -0.2) is 132 Å². The van der Waals surface area contributed by atoms with Crippen molar-refractivity contribution in [3.63, 3.8) is 0 Å². The van der Waals surface area contributed by atoms with E-state index in [1.54, 1.807) is 55.2 Å². The van der Waals surface area contributed by atoms with Gasteiger partial charge in [0.2, 0.25) is 0 Å². The number of nitrogens with zero attached hydrogens (tertiary/aromatic N) is 9. The fraction of sp³-hybridized carbons (Fsp3) is 0.333. The number of anilines is 2. The zero-order chi connectivity index (χ0) is 56.1. The van der Waals surface area contributed by atoms with Crippen molar-refractivity contribution in [1.29, 1.82) is 0 Å². The van der Waals surface area contributed by atoms with Crippen LogP contribution in [0, 0.1) is 6.92 Å². The maximum absolute atomic E-state index is 13.5. The largest absolute Gasteiger partial charge is 1.00 e. The molecule has 82 heavy (non-hydrogen) atoms. The summed E-state index contributed by atoms with van der Waals surface area (Å²) in [6.45, 7) is 8.86. The van der Waals surface area contributed by atoms with Crippen LogP contribution < -0.4 is 81.8 Å². The Morgan fingerprint density at radius 2 is 1.06 bits per heavy atom. The van der Waals surface area contributed by atoms with E-state index in [1.165, 1.54) is 21.9 Å². The number of H-pyrrole nitrogens is 1. The van der Waals surface area contributed by atoms with E-state index in [0.717, 1.165) is 125 Å². The number of nitrogens with one attached hydrogen (secondary N) is 1. The first kappa shape index (κ1) is 61.7. The molecule has 6 aromatic heterocycles. The Kier molecular flexibility index (Phi) is 20.6. The van der Waals surface area contributed by atoms with Gasteiger partial charge in [0.25, 0.3) is 21.1 Å². The van der Waals surface area contributed by atoms with Crippen molar-refractivity contribution in [2.75, 3.05) is 90.5 Å². The van der Waals surface area contributed by atoms with Gasteiger partial charge in [0, 0.05) is 124 Å². The first-order valence-electron chi connectivity index (χ1n) is 27.5. The van der Waals surface area contributed by atoms with E-state index in [-0.39, 0.29) is 78.4 Å². The second kappa shape index (κ2) is 27.3. The molecule has 2 N–H and O–H groups in total. The minimum atomic E-state index is -3.96. The number of likely N-dealkylation sites (N-methyl/N-ethyl adjacent to an activating group) is 2. The van der Waals surface area contributed by atoms with Gasteiger partial charge in [-0.3, -0.25) is 9.59 Å². The van der Waals surface area contributed by atoms with E-state index in [2.05, 4.69) is 99.3 Å². The fourth-order valence-electron chi connectivity index (χ4n) is 10.8. The third kappa shape index (κ3) is 14.0. The summed E-state index contributed by atoms with van der Waals surface area (Å²) >= 11 is 0. The summed E-state index contributed by atoms with van der Waals surface area (Å²) in [4.78, 5) is 47.3. The molecule has 9 aromatic rings. The van der Waals surface area contributed by atoms with Gasteiger partial charge in [0.1, 0.15) is 47.4 Å². The number of aromatic nitrogens is 6. The molecule has 17 nitrogen and oxygen atoms in total. The topological polar surface area (TPSA) is 186 Å². The molecule has 19 heteroatoms. The molecule has 0 atom stereocenters. The van der Waals surface area contributed by atoms with Gasteiger partial charge in [-0.25, -0.2) is 22.4 Å². The summed E-state index contributed by atoms with van der Waals surface area (Å²) in [5.41, 5.74) is 7.61. The van der Waals surface area contributed by atoms with Crippen molar-refractivity contribution in [1.82, 2.24) is 37.9 Å². The van der Waals surface area contributed by atoms with Crippen molar-refractivity contribution in [2.24, 2.45) is 14.1 Å². The number of ether oxygens (including phenoxy) is 2. The van der Waals surface area contributed by atoms with Crippen LogP contribution in [0.25, 0.3) is 44.1 Å². The molecule has 3 aromatic carbocycles. The second-order valence-corrected chi connectivity index (χ2v) is 23.5. The standard InChI is InChI=1S/C35H39N5O4S.C28H33N5O2.K.H2O/c1-25-5-12-30(13-6-25)45(42,43)40-20-17-31-32(24-38(4)35(41)34(31)40)28-9-14-33(36-23-28)39-18-15-27(16-19-39)26-7-10-29(11-8-26)44-22-21-37(2)3;1-31(2)16-17-35-23-7-4-20(5-8-23)21-11-14-33(15-12-21)26-9-6-22(18-30-26)25-19-32(3)28(34)27-24(25)10-13-29-27;;/h5-14,17,20,23-24,27H,15-16,18-19,21-22H2,1-4H3;4-10,13,18-19,21,29H,11-12,14-17H2,1-3H3;;1H2/q;;+1;/p-1. The maximum atomic E-state index is 13.5. The Labute approximate surface area is 522 Å². The zero-order valence-corrected chi connectivity index (χ0v) is 52.3. The summed E-state index contributed by atoms with van der Waals surface area (Å²) in [5, 5.41) is 1.50. The molecule has 424 valence electrons. The molecule has 11 rings (SSSR count). The van der Waals surface area contributed by atoms with Gasteiger partial charge in [0.05, 0.1) is 4.90 Å². The Bertz CT molecular complexity index is 3790. The number of aromatic amines is 1. The van der Waals surface area contributed by atoms with Crippen LogP contribution in [0.4, 0.5) is 11.6 Å². The molecule has 2 fully saturated rings. The summed E-state index contributed by atoms with van der Waals surface area (Å²) in [6.07, 6.45) is 14.9. The maximum Gasteiger partial charge on any atom is 1.00 e. The van der Waals surface area contributed by atoms with Crippen LogP contribution in [0.15, 0.2) is 161 Å². The van der Waals surface area contributed by atoms with Crippen LogP contribution in [0.3, 0.4) is 0 Å². The second-order valence-electron chi connectivity index (χ2n) is 21.7. The normalized spacial score (nSPS) is 14.2. The van der Waals surface area contributed by atoms with Crippen LogP contribution in [0.2, 0.25) is 0 Å².